The number of sulfone groups is 1. The highest BCUT2D eigenvalue weighted by molar-refractivity contribution is 7.92. The molecule has 0 bridgehead atoms. The van der Waals surface area contributed by atoms with Crippen LogP contribution in [0.15, 0.2) is 29.2 Å². The first-order valence-corrected chi connectivity index (χ1v) is 7.44. The molecule has 0 saturated heterocycles. The van der Waals surface area contributed by atoms with Crippen LogP contribution < -0.4 is 5.32 Å². The number of alkyl halides is 3. The monoisotopic (exact) mass is 293 g/mol. The van der Waals surface area contributed by atoms with Gasteiger partial charge >= 0.3 is 5.51 Å². The highest BCUT2D eigenvalue weighted by Gasteiger charge is 2.46. The van der Waals surface area contributed by atoms with Gasteiger partial charge in [-0.1, -0.05) is 6.42 Å². The Morgan fingerprint density at radius 3 is 2.16 bits per heavy atom. The summed E-state index contributed by atoms with van der Waals surface area (Å²) in [6, 6.07) is 4.67. The Hall–Kier alpha value is -1.24. The summed E-state index contributed by atoms with van der Waals surface area (Å²) < 4.78 is 59.3. The van der Waals surface area contributed by atoms with Gasteiger partial charge in [0.15, 0.2) is 0 Å². The number of halogens is 3. The number of hydrogen-bond donors (Lipinski definition) is 1. The van der Waals surface area contributed by atoms with E-state index in [1.807, 2.05) is 0 Å². The van der Waals surface area contributed by atoms with Crippen molar-refractivity contribution in [3.8, 4) is 0 Å². The average Bonchev–Trinajstić information content (AvgIpc) is 2.26. The first-order chi connectivity index (χ1) is 8.80. The van der Waals surface area contributed by atoms with Crippen molar-refractivity contribution in [2.75, 3.05) is 11.9 Å². The molecule has 1 fully saturated rings. The van der Waals surface area contributed by atoms with Gasteiger partial charge in [-0.3, -0.25) is 0 Å². The fourth-order valence-corrected chi connectivity index (χ4v) is 2.61. The van der Waals surface area contributed by atoms with Crippen LogP contribution in [0, 0.1) is 5.92 Å². The molecule has 19 heavy (non-hydrogen) atoms. The molecule has 1 N–H and O–H groups in total. The minimum Gasteiger partial charge on any atom is -0.385 e. The van der Waals surface area contributed by atoms with E-state index in [0.29, 0.717) is 11.6 Å². The molecule has 106 valence electrons. The van der Waals surface area contributed by atoms with E-state index in [9.17, 15) is 21.6 Å². The van der Waals surface area contributed by atoms with Crippen LogP contribution >= 0.6 is 0 Å². The maximum Gasteiger partial charge on any atom is 0.501 e. The van der Waals surface area contributed by atoms with Crippen molar-refractivity contribution in [3.63, 3.8) is 0 Å². The third kappa shape index (κ3) is 3.02. The summed E-state index contributed by atoms with van der Waals surface area (Å²) in [4.78, 5) is -0.728. The normalized spacial score (nSPS) is 17.0. The molecule has 0 heterocycles. The molecule has 0 aliphatic heterocycles. The highest BCUT2D eigenvalue weighted by atomic mass is 32.2. The molecule has 0 radical (unpaired) electrons. The molecular weight excluding hydrogens is 279 g/mol. The van der Waals surface area contributed by atoms with Crippen LogP contribution in [-0.2, 0) is 9.84 Å². The van der Waals surface area contributed by atoms with Crippen molar-refractivity contribution >= 4 is 15.5 Å². The molecule has 1 aliphatic rings. The molecule has 1 aromatic rings. The lowest BCUT2D eigenvalue weighted by atomic mass is 9.85. The number of nitrogens with one attached hydrogen (secondary N) is 1. The fraction of sp³-hybridized carbons (Fsp3) is 0.500. The van der Waals surface area contributed by atoms with E-state index in [-0.39, 0.29) is 0 Å². The van der Waals surface area contributed by atoms with E-state index in [2.05, 4.69) is 5.32 Å². The third-order valence-corrected chi connectivity index (χ3v) is 4.79. The Kier molecular flexibility index (Phi) is 3.75. The number of benzene rings is 1. The van der Waals surface area contributed by atoms with Crippen molar-refractivity contribution in [2.45, 2.75) is 29.7 Å². The fourth-order valence-electron chi connectivity index (χ4n) is 1.84. The van der Waals surface area contributed by atoms with Crippen LogP contribution in [0.1, 0.15) is 19.3 Å². The van der Waals surface area contributed by atoms with Gasteiger partial charge in [0.1, 0.15) is 0 Å². The summed E-state index contributed by atoms with van der Waals surface area (Å²) in [5.41, 5.74) is -4.62. The van der Waals surface area contributed by atoms with E-state index in [4.69, 9.17) is 0 Å². The van der Waals surface area contributed by atoms with E-state index < -0.39 is 20.2 Å². The Morgan fingerprint density at radius 1 is 1.16 bits per heavy atom. The maximum atomic E-state index is 12.3. The standard InChI is InChI=1S/C12H14F3NO2S/c13-12(14,15)19(17,18)11-6-4-10(5-7-11)16-8-9-2-1-3-9/h4-7,9,16H,1-3,8H2. The zero-order valence-electron chi connectivity index (χ0n) is 10.1. The summed E-state index contributed by atoms with van der Waals surface area (Å²) >= 11 is 0. The molecule has 1 saturated carbocycles. The van der Waals surface area contributed by atoms with Gasteiger partial charge in [-0.25, -0.2) is 8.42 Å². The first-order valence-electron chi connectivity index (χ1n) is 5.96. The van der Waals surface area contributed by atoms with Crippen LogP contribution in [0.25, 0.3) is 0 Å². The topological polar surface area (TPSA) is 46.2 Å². The van der Waals surface area contributed by atoms with Crippen molar-refractivity contribution in [2.24, 2.45) is 5.92 Å². The van der Waals surface area contributed by atoms with Crippen LogP contribution in [0.3, 0.4) is 0 Å². The SMILES string of the molecule is O=S(=O)(c1ccc(NCC2CCC2)cc1)C(F)(F)F. The summed E-state index contributed by atoms with van der Waals surface area (Å²) in [5.74, 6) is 0.610. The van der Waals surface area contributed by atoms with Gasteiger partial charge in [0.2, 0.25) is 0 Å². The molecular formula is C12H14F3NO2S. The predicted molar refractivity (Wildman–Crippen MR) is 65.5 cm³/mol. The van der Waals surface area contributed by atoms with Crippen molar-refractivity contribution in [3.05, 3.63) is 24.3 Å². The first kappa shape index (κ1) is 14.2. The molecule has 0 spiro atoms. The zero-order chi connectivity index (χ0) is 14.1. The van der Waals surface area contributed by atoms with Crippen molar-refractivity contribution in [1.29, 1.82) is 0 Å². The van der Waals surface area contributed by atoms with Gasteiger partial charge < -0.3 is 5.32 Å². The zero-order valence-corrected chi connectivity index (χ0v) is 10.9. The summed E-state index contributed by atoms with van der Waals surface area (Å²) in [6.45, 7) is 0.769. The predicted octanol–water partition coefficient (Wildman–Crippen LogP) is 3.19. The smallest absolute Gasteiger partial charge is 0.385 e. The average molecular weight is 293 g/mol. The van der Waals surface area contributed by atoms with Crippen LogP contribution in [0.5, 0.6) is 0 Å². The third-order valence-electron chi connectivity index (χ3n) is 3.29. The van der Waals surface area contributed by atoms with E-state index >= 15 is 0 Å². The Labute approximate surface area is 109 Å². The second-order valence-electron chi connectivity index (χ2n) is 4.65. The second kappa shape index (κ2) is 5.03. The van der Waals surface area contributed by atoms with Gasteiger partial charge in [-0.15, -0.1) is 0 Å². The molecule has 3 nitrogen and oxygen atoms in total. The molecule has 7 heteroatoms. The summed E-state index contributed by atoms with van der Waals surface area (Å²) in [6.07, 6.45) is 3.54. The Morgan fingerprint density at radius 2 is 1.74 bits per heavy atom. The highest BCUT2D eigenvalue weighted by Crippen LogP contribution is 2.31. The molecule has 2 rings (SSSR count). The van der Waals surface area contributed by atoms with E-state index in [1.54, 1.807) is 0 Å². The van der Waals surface area contributed by atoms with Gasteiger partial charge in [-0.2, -0.15) is 13.2 Å². The lowest BCUT2D eigenvalue weighted by Gasteiger charge is -2.25. The molecule has 0 atom stereocenters. The van der Waals surface area contributed by atoms with Crippen molar-refractivity contribution < 1.29 is 21.6 Å². The summed E-state index contributed by atoms with van der Waals surface area (Å²) in [5, 5.41) is 3.09. The Balaban J connectivity index is 2.05. The van der Waals surface area contributed by atoms with E-state index in [1.165, 1.54) is 18.6 Å². The van der Waals surface area contributed by atoms with Crippen molar-refractivity contribution in [1.82, 2.24) is 0 Å². The van der Waals surface area contributed by atoms with Crippen LogP contribution in [-0.4, -0.2) is 20.5 Å². The largest absolute Gasteiger partial charge is 0.501 e. The summed E-state index contributed by atoms with van der Waals surface area (Å²) in [7, 11) is -5.25. The molecule has 0 amide bonds. The second-order valence-corrected chi connectivity index (χ2v) is 6.59. The van der Waals surface area contributed by atoms with Gasteiger partial charge in [0.05, 0.1) is 4.90 Å². The molecule has 0 unspecified atom stereocenters. The van der Waals surface area contributed by atoms with Gasteiger partial charge in [-0.05, 0) is 43.0 Å². The molecule has 1 aromatic carbocycles. The van der Waals surface area contributed by atoms with Crippen LogP contribution in [0.2, 0.25) is 0 Å². The lowest BCUT2D eigenvalue weighted by Crippen LogP contribution is -2.23. The number of anilines is 1. The minimum atomic E-state index is -5.26. The quantitative estimate of drug-likeness (QED) is 0.927. The molecule has 0 aromatic heterocycles. The van der Waals surface area contributed by atoms with Crippen LogP contribution in [0.4, 0.5) is 18.9 Å². The number of hydrogen-bond acceptors (Lipinski definition) is 3. The number of rotatable bonds is 4. The minimum absolute atomic E-state index is 0.610. The van der Waals surface area contributed by atoms with Gasteiger partial charge in [0, 0.05) is 12.2 Å². The maximum absolute atomic E-state index is 12.3. The van der Waals surface area contributed by atoms with E-state index in [0.717, 1.165) is 31.5 Å². The molecule has 1 aliphatic carbocycles. The van der Waals surface area contributed by atoms with Gasteiger partial charge in [0.25, 0.3) is 9.84 Å². The lowest BCUT2D eigenvalue weighted by molar-refractivity contribution is -0.0436. The Bertz CT molecular complexity index is 533.